The van der Waals surface area contributed by atoms with Crippen molar-refractivity contribution in [1.82, 2.24) is 14.5 Å². The third-order valence-corrected chi connectivity index (χ3v) is 6.88. The van der Waals surface area contributed by atoms with E-state index in [0.717, 1.165) is 31.7 Å². The van der Waals surface area contributed by atoms with Crippen molar-refractivity contribution in [2.45, 2.75) is 10.9 Å². The molecule has 2 aromatic rings. The Balaban J connectivity index is 1.72. The second-order valence-corrected chi connectivity index (χ2v) is 8.99. The molecular formula is C18H25N3O3S2. The van der Waals surface area contributed by atoms with Crippen molar-refractivity contribution in [2.24, 2.45) is 0 Å². The molecule has 1 saturated heterocycles. The summed E-state index contributed by atoms with van der Waals surface area (Å²) in [7, 11) is 0.113. The maximum absolute atomic E-state index is 12.7. The number of hydrogen-bond donors (Lipinski definition) is 1. The van der Waals surface area contributed by atoms with Crippen LogP contribution in [0.5, 0.6) is 5.75 Å². The van der Waals surface area contributed by atoms with E-state index in [2.05, 4.69) is 33.0 Å². The number of piperazine rings is 1. The first kappa shape index (κ1) is 19.3. The van der Waals surface area contributed by atoms with Gasteiger partial charge in [-0.3, -0.25) is 4.90 Å². The fourth-order valence-electron chi connectivity index (χ4n) is 3.08. The highest BCUT2D eigenvalue weighted by Crippen LogP contribution is 2.24. The van der Waals surface area contributed by atoms with E-state index in [1.807, 2.05) is 5.38 Å². The molecule has 0 saturated carbocycles. The van der Waals surface area contributed by atoms with Crippen LogP contribution in [0.1, 0.15) is 11.6 Å². The Bertz CT molecular complexity index is 784. The average molecular weight is 396 g/mol. The minimum absolute atomic E-state index is 0.0444. The minimum atomic E-state index is -3.56. The second kappa shape index (κ2) is 8.49. The van der Waals surface area contributed by atoms with Crippen molar-refractivity contribution in [1.29, 1.82) is 0 Å². The molecule has 0 aliphatic carbocycles. The number of rotatable bonds is 7. The molecule has 26 heavy (non-hydrogen) atoms. The van der Waals surface area contributed by atoms with Crippen LogP contribution >= 0.6 is 11.3 Å². The van der Waals surface area contributed by atoms with E-state index in [9.17, 15) is 8.42 Å². The van der Waals surface area contributed by atoms with E-state index < -0.39 is 10.0 Å². The summed E-state index contributed by atoms with van der Waals surface area (Å²) in [5.74, 6) is 0.637. The van der Waals surface area contributed by atoms with Gasteiger partial charge in [-0.05, 0) is 53.7 Å². The lowest BCUT2D eigenvalue weighted by Gasteiger charge is -2.37. The Morgan fingerprint density at radius 1 is 1.15 bits per heavy atom. The number of benzene rings is 1. The summed E-state index contributed by atoms with van der Waals surface area (Å²) in [6.07, 6.45) is 0. The van der Waals surface area contributed by atoms with Crippen molar-refractivity contribution < 1.29 is 13.2 Å². The summed E-state index contributed by atoms with van der Waals surface area (Å²) in [5, 5.41) is 4.14. The fourth-order valence-corrected chi connectivity index (χ4v) is 4.83. The third kappa shape index (κ3) is 4.63. The van der Waals surface area contributed by atoms with Gasteiger partial charge < -0.3 is 9.64 Å². The first-order valence-corrected chi connectivity index (χ1v) is 11.0. The predicted octanol–water partition coefficient (Wildman–Crippen LogP) is 2.02. The Morgan fingerprint density at radius 3 is 2.42 bits per heavy atom. The summed E-state index contributed by atoms with van der Waals surface area (Å²) in [6.45, 7) is 4.20. The molecule has 0 bridgehead atoms. The normalized spacial score (nSPS) is 17.9. The highest BCUT2D eigenvalue weighted by molar-refractivity contribution is 7.89. The number of nitrogens with one attached hydrogen (secondary N) is 1. The molecule has 3 rings (SSSR count). The third-order valence-electron chi connectivity index (χ3n) is 4.74. The average Bonchev–Trinajstić information content (AvgIpc) is 3.18. The first-order valence-electron chi connectivity index (χ1n) is 8.58. The van der Waals surface area contributed by atoms with Crippen LogP contribution in [-0.2, 0) is 10.0 Å². The Labute approximate surface area is 159 Å². The van der Waals surface area contributed by atoms with E-state index >= 15 is 0 Å². The van der Waals surface area contributed by atoms with Gasteiger partial charge in [0.25, 0.3) is 0 Å². The van der Waals surface area contributed by atoms with Gasteiger partial charge in [0.15, 0.2) is 0 Å². The molecule has 1 fully saturated rings. The lowest BCUT2D eigenvalue weighted by atomic mass is 10.1. The van der Waals surface area contributed by atoms with Gasteiger partial charge in [0, 0.05) is 38.8 Å². The van der Waals surface area contributed by atoms with Crippen molar-refractivity contribution in [3.8, 4) is 5.75 Å². The monoisotopic (exact) mass is 395 g/mol. The van der Waals surface area contributed by atoms with Gasteiger partial charge in [-0.25, -0.2) is 13.1 Å². The predicted molar refractivity (Wildman–Crippen MR) is 104 cm³/mol. The Kier molecular flexibility index (Phi) is 6.31. The highest BCUT2D eigenvalue weighted by atomic mass is 32.2. The number of likely N-dealkylation sites (N-methyl/N-ethyl adjacent to an activating group) is 1. The number of sulfonamides is 1. The number of nitrogens with zero attached hydrogens (tertiary/aromatic N) is 2. The molecule has 8 heteroatoms. The van der Waals surface area contributed by atoms with Crippen molar-refractivity contribution in [2.75, 3.05) is 46.9 Å². The molecule has 1 aliphatic heterocycles. The molecule has 1 aromatic carbocycles. The largest absolute Gasteiger partial charge is 0.497 e. The standard InChI is InChI=1S/C18H25N3O3S2/c1-20-8-10-21(11-9-20)18(15-7-12-25-14-15)13-19-26(22,23)17-5-3-16(24-2)4-6-17/h3-7,12,14,18-19H,8-11,13H2,1-2H3. The molecule has 1 aliphatic rings. The zero-order chi connectivity index (χ0) is 18.6. The molecule has 2 heterocycles. The van der Waals surface area contributed by atoms with Crippen LogP contribution in [-0.4, -0.2) is 65.1 Å². The highest BCUT2D eigenvalue weighted by Gasteiger charge is 2.26. The van der Waals surface area contributed by atoms with Gasteiger partial charge in [-0.2, -0.15) is 11.3 Å². The Hall–Kier alpha value is -1.45. The SMILES string of the molecule is COc1ccc(S(=O)(=O)NCC(c2ccsc2)N2CCN(C)CC2)cc1. The number of thiophene rings is 1. The van der Waals surface area contributed by atoms with E-state index in [0.29, 0.717) is 12.3 Å². The Morgan fingerprint density at radius 2 is 1.85 bits per heavy atom. The molecule has 0 spiro atoms. The smallest absolute Gasteiger partial charge is 0.240 e. The second-order valence-electron chi connectivity index (χ2n) is 6.44. The summed E-state index contributed by atoms with van der Waals surface area (Å²) in [6, 6.07) is 8.57. The van der Waals surface area contributed by atoms with E-state index in [1.165, 1.54) is 0 Å². The molecule has 1 unspecified atom stereocenters. The zero-order valence-corrected chi connectivity index (χ0v) is 16.7. The summed E-state index contributed by atoms with van der Waals surface area (Å²) in [5.41, 5.74) is 1.16. The van der Waals surface area contributed by atoms with Gasteiger partial charge >= 0.3 is 0 Å². The van der Waals surface area contributed by atoms with Crippen LogP contribution in [0, 0.1) is 0 Å². The van der Waals surface area contributed by atoms with Gasteiger partial charge in [0.05, 0.1) is 12.0 Å². The molecule has 1 N–H and O–H groups in total. The molecule has 142 valence electrons. The van der Waals surface area contributed by atoms with Crippen LogP contribution in [0.4, 0.5) is 0 Å². The number of ether oxygens (including phenoxy) is 1. The van der Waals surface area contributed by atoms with Crippen LogP contribution in [0.2, 0.25) is 0 Å². The van der Waals surface area contributed by atoms with Crippen molar-refractivity contribution in [3.05, 3.63) is 46.7 Å². The van der Waals surface area contributed by atoms with Gasteiger partial charge in [-0.15, -0.1) is 0 Å². The molecular weight excluding hydrogens is 370 g/mol. The zero-order valence-electron chi connectivity index (χ0n) is 15.1. The minimum Gasteiger partial charge on any atom is -0.497 e. The molecule has 6 nitrogen and oxygen atoms in total. The van der Waals surface area contributed by atoms with Crippen LogP contribution < -0.4 is 9.46 Å². The summed E-state index contributed by atoms with van der Waals surface area (Å²) < 4.78 is 33.2. The lowest BCUT2D eigenvalue weighted by molar-refractivity contribution is 0.113. The van der Waals surface area contributed by atoms with Crippen LogP contribution in [0.3, 0.4) is 0 Å². The summed E-state index contributed by atoms with van der Waals surface area (Å²) in [4.78, 5) is 4.90. The van der Waals surface area contributed by atoms with Gasteiger partial charge in [0.1, 0.15) is 5.75 Å². The van der Waals surface area contributed by atoms with E-state index in [-0.39, 0.29) is 10.9 Å². The number of hydrogen-bond acceptors (Lipinski definition) is 6. The van der Waals surface area contributed by atoms with Gasteiger partial charge in [-0.1, -0.05) is 0 Å². The molecule has 0 amide bonds. The van der Waals surface area contributed by atoms with Crippen molar-refractivity contribution in [3.63, 3.8) is 0 Å². The lowest BCUT2D eigenvalue weighted by Crippen LogP contribution is -2.48. The van der Waals surface area contributed by atoms with Gasteiger partial charge in [0.2, 0.25) is 10.0 Å². The molecule has 1 atom stereocenters. The maximum atomic E-state index is 12.7. The van der Waals surface area contributed by atoms with E-state index in [1.54, 1.807) is 42.7 Å². The van der Waals surface area contributed by atoms with E-state index in [4.69, 9.17) is 4.74 Å². The topological polar surface area (TPSA) is 61.9 Å². The van der Waals surface area contributed by atoms with Crippen LogP contribution in [0.15, 0.2) is 46.0 Å². The first-order chi connectivity index (χ1) is 12.5. The maximum Gasteiger partial charge on any atom is 0.240 e. The quantitative estimate of drug-likeness (QED) is 0.777. The number of methoxy groups -OCH3 is 1. The van der Waals surface area contributed by atoms with Crippen LogP contribution in [0.25, 0.3) is 0 Å². The summed E-state index contributed by atoms with van der Waals surface area (Å²) >= 11 is 1.64. The molecule has 1 aromatic heterocycles. The molecule has 0 radical (unpaired) electrons. The van der Waals surface area contributed by atoms with Crippen molar-refractivity contribution >= 4 is 21.4 Å². The fraction of sp³-hybridized carbons (Fsp3) is 0.444.